The van der Waals surface area contributed by atoms with E-state index in [4.69, 9.17) is 5.73 Å². The van der Waals surface area contributed by atoms with Crippen LogP contribution in [0.25, 0.3) is 21.8 Å². The third-order valence-corrected chi connectivity index (χ3v) is 8.67. The largest absolute Gasteiger partial charge is 0.480 e. The first-order valence-corrected chi connectivity index (χ1v) is 16.6. The van der Waals surface area contributed by atoms with E-state index in [9.17, 15) is 24.3 Å². The number of aromatic amines is 3. The SMILES string of the molecule is CSCCC(N)C(=O)NC(Cc1cnc[nH]1)C(=O)NC(Cc1c[nH]c2ccccc12)C(=O)NC(Cc1c[nH]c2ccccc12)C(=O)O. The fourth-order valence-corrected chi connectivity index (χ4v) is 5.96. The van der Waals surface area contributed by atoms with Crippen molar-refractivity contribution < 1.29 is 24.3 Å². The lowest BCUT2D eigenvalue weighted by Crippen LogP contribution is -2.58. The molecule has 2 aromatic carbocycles. The first-order chi connectivity index (χ1) is 22.7. The van der Waals surface area contributed by atoms with E-state index in [2.05, 4.69) is 35.9 Å². The molecule has 3 amide bonds. The fraction of sp³-hybridized carbons (Fsp3) is 0.303. The molecule has 4 atom stereocenters. The number of hydrogen-bond donors (Lipinski definition) is 8. The topological polar surface area (TPSA) is 211 Å². The summed E-state index contributed by atoms with van der Waals surface area (Å²) >= 11 is 1.56. The lowest BCUT2D eigenvalue weighted by atomic mass is 10.0. The van der Waals surface area contributed by atoms with E-state index in [-0.39, 0.29) is 19.3 Å². The molecule has 13 nitrogen and oxygen atoms in total. The van der Waals surface area contributed by atoms with E-state index in [1.165, 1.54) is 6.33 Å². The second kappa shape index (κ2) is 15.5. The van der Waals surface area contributed by atoms with Crippen LogP contribution in [-0.2, 0) is 38.4 Å². The molecule has 3 aromatic heterocycles. The Morgan fingerprint density at radius 3 is 1.87 bits per heavy atom. The van der Waals surface area contributed by atoms with Crippen LogP contribution in [-0.4, -0.2) is 84.9 Å². The van der Waals surface area contributed by atoms with Crippen molar-refractivity contribution in [2.75, 3.05) is 12.0 Å². The first kappa shape index (κ1) is 33.3. The van der Waals surface area contributed by atoms with Crippen LogP contribution in [0.5, 0.6) is 0 Å². The number of H-pyrrole nitrogens is 3. The van der Waals surface area contributed by atoms with Crippen LogP contribution >= 0.6 is 11.8 Å². The highest BCUT2D eigenvalue weighted by atomic mass is 32.2. The predicted molar refractivity (Wildman–Crippen MR) is 181 cm³/mol. The van der Waals surface area contributed by atoms with Crippen LogP contribution in [0, 0.1) is 0 Å². The standard InChI is InChI=1S/C33H38N8O5S/c1-47-11-10-24(34)30(42)39-28(14-21-17-35-18-38-21)32(44)40-27(12-19-15-36-25-8-4-2-6-22(19)25)31(43)41-29(33(45)46)13-20-16-37-26-9-5-3-7-23(20)26/h2-9,15-18,24,27-29,36-37H,10-14,34H2,1H3,(H,35,38)(H,39,42)(H,40,44)(H,41,43)(H,45,46). The fourth-order valence-electron chi connectivity index (χ4n) is 5.47. The van der Waals surface area contributed by atoms with Crippen LogP contribution in [0.4, 0.5) is 0 Å². The monoisotopic (exact) mass is 658 g/mol. The van der Waals surface area contributed by atoms with Crippen LogP contribution in [0.2, 0.25) is 0 Å². The molecule has 5 aromatic rings. The van der Waals surface area contributed by atoms with Gasteiger partial charge in [-0.25, -0.2) is 9.78 Å². The number of imidazole rings is 1. The van der Waals surface area contributed by atoms with Crippen molar-refractivity contribution in [2.24, 2.45) is 5.73 Å². The zero-order valence-corrected chi connectivity index (χ0v) is 26.6. The molecule has 3 heterocycles. The molecule has 14 heteroatoms. The number of carbonyl (C=O) groups is 4. The summed E-state index contributed by atoms with van der Waals surface area (Å²) < 4.78 is 0. The average molecular weight is 659 g/mol. The maximum atomic E-state index is 13.9. The Hall–Kier alpha value is -5.08. The number of aliphatic carboxylic acids is 1. The van der Waals surface area contributed by atoms with Crippen molar-refractivity contribution in [3.05, 3.63) is 90.3 Å². The zero-order valence-electron chi connectivity index (χ0n) is 25.8. The molecule has 0 aliphatic carbocycles. The minimum Gasteiger partial charge on any atom is -0.480 e. The summed E-state index contributed by atoms with van der Waals surface area (Å²) in [6.45, 7) is 0. The highest BCUT2D eigenvalue weighted by Crippen LogP contribution is 2.21. The molecule has 0 saturated carbocycles. The molecular weight excluding hydrogens is 620 g/mol. The Morgan fingerprint density at radius 2 is 1.32 bits per heavy atom. The third kappa shape index (κ3) is 8.40. The Labute approximate surface area is 274 Å². The second-order valence-electron chi connectivity index (χ2n) is 11.3. The second-order valence-corrected chi connectivity index (χ2v) is 12.3. The van der Waals surface area contributed by atoms with E-state index in [1.807, 2.05) is 54.8 Å². The Kier molecular flexibility index (Phi) is 11.0. The van der Waals surface area contributed by atoms with E-state index in [1.54, 1.807) is 30.4 Å². The van der Waals surface area contributed by atoms with E-state index in [0.717, 1.165) is 32.9 Å². The summed E-state index contributed by atoms with van der Waals surface area (Å²) in [6.07, 6.45) is 8.95. The summed E-state index contributed by atoms with van der Waals surface area (Å²) in [5, 5.41) is 20.0. The molecule has 0 aliphatic heterocycles. The van der Waals surface area contributed by atoms with Crippen molar-refractivity contribution in [1.29, 1.82) is 0 Å². The quantitative estimate of drug-likeness (QED) is 0.0784. The normalized spacial score (nSPS) is 13.9. The lowest BCUT2D eigenvalue weighted by molar-refractivity contribution is -0.142. The molecule has 0 saturated heterocycles. The number of benzene rings is 2. The Morgan fingerprint density at radius 1 is 0.787 bits per heavy atom. The smallest absolute Gasteiger partial charge is 0.326 e. The molecule has 0 fully saturated rings. The van der Waals surface area contributed by atoms with Crippen molar-refractivity contribution >= 4 is 57.3 Å². The van der Waals surface area contributed by atoms with Crippen molar-refractivity contribution in [2.45, 2.75) is 49.9 Å². The summed E-state index contributed by atoms with van der Waals surface area (Å²) in [5.74, 6) is -2.36. The molecule has 0 bridgehead atoms. The van der Waals surface area contributed by atoms with Crippen LogP contribution < -0.4 is 21.7 Å². The third-order valence-electron chi connectivity index (χ3n) is 8.03. The highest BCUT2D eigenvalue weighted by Gasteiger charge is 2.32. The van der Waals surface area contributed by atoms with Gasteiger partial charge in [-0.05, 0) is 41.7 Å². The molecule has 246 valence electrons. The maximum absolute atomic E-state index is 13.9. The van der Waals surface area contributed by atoms with Crippen molar-refractivity contribution in [1.82, 2.24) is 35.9 Å². The van der Waals surface area contributed by atoms with Gasteiger partial charge in [0.05, 0.1) is 12.4 Å². The van der Waals surface area contributed by atoms with E-state index < -0.39 is 47.9 Å². The number of amides is 3. The number of carboxylic acids is 1. The van der Waals surface area contributed by atoms with Gasteiger partial charge in [-0.3, -0.25) is 14.4 Å². The van der Waals surface area contributed by atoms with Crippen molar-refractivity contribution in [3.63, 3.8) is 0 Å². The molecular formula is C33H38N8O5S. The number of nitrogens with one attached hydrogen (secondary N) is 6. The molecule has 0 aliphatic rings. The van der Waals surface area contributed by atoms with Gasteiger partial charge in [-0.15, -0.1) is 0 Å². The predicted octanol–water partition coefficient (Wildman–Crippen LogP) is 2.02. The van der Waals surface area contributed by atoms with Gasteiger partial charge < -0.3 is 41.7 Å². The van der Waals surface area contributed by atoms with Gasteiger partial charge in [-0.1, -0.05) is 36.4 Å². The summed E-state index contributed by atoms with van der Waals surface area (Å²) in [4.78, 5) is 66.4. The number of aromatic nitrogens is 4. The zero-order chi connectivity index (χ0) is 33.3. The number of carboxylic acid groups (broad SMARTS) is 1. The molecule has 9 N–H and O–H groups in total. The summed E-state index contributed by atoms with van der Waals surface area (Å²) in [7, 11) is 0. The highest BCUT2D eigenvalue weighted by molar-refractivity contribution is 7.98. The van der Waals surface area contributed by atoms with Gasteiger partial charge in [0.2, 0.25) is 17.7 Å². The molecule has 0 spiro atoms. The average Bonchev–Trinajstić information content (AvgIpc) is 3.83. The van der Waals surface area contributed by atoms with Gasteiger partial charge in [0.25, 0.3) is 0 Å². The van der Waals surface area contributed by atoms with Gasteiger partial charge in [0.15, 0.2) is 0 Å². The summed E-state index contributed by atoms with van der Waals surface area (Å²) in [5.41, 5.74) is 9.85. The first-order valence-electron chi connectivity index (χ1n) is 15.2. The van der Waals surface area contributed by atoms with Crippen LogP contribution in [0.3, 0.4) is 0 Å². The van der Waals surface area contributed by atoms with Crippen molar-refractivity contribution in [3.8, 4) is 0 Å². The number of fused-ring (bicyclic) bond motifs is 2. The number of rotatable bonds is 16. The Balaban J connectivity index is 1.39. The molecule has 0 radical (unpaired) electrons. The number of nitrogens with two attached hydrogens (primary N) is 1. The molecule has 47 heavy (non-hydrogen) atoms. The Bertz CT molecular complexity index is 1830. The van der Waals surface area contributed by atoms with Crippen LogP contribution in [0.15, 0.2) is 73.4 Å². The maximum Gasteiger partial charge on any atom is 0.326 e. The molecule has 5 rings (SSSR count). The number of carbonyl (C=O) groups excluding carboxylic acids is 3. The number of thioether (sulfide) groups is 1. The van der Waals surface area contributed by atoms with Gasteiger partial charge in [0.1, 0.15) is 18.1 Å². The number of hydrogen-bond acceptors (Lipinski definition) is 7. The minimum atomic E-state index is -1.28. The van der Waals surface area contributed by atoms with Crippen LogP contribution in [0.1, 0.15) is 23.2 Å². The van der Waals surface area contributed by atoms with Gasteiger partial charge >= 0.3 is 5.97 Å². The van der Waals surface area contributed by atoms with Gasteiger partial charge in [-0.2, -0.15) is 11.8 Å². The lowest BCUT2D eigenvalue weighted by Gasteiger charge is -2.25. The van der Waals surface area contributed by atoms with E-state index >= 15 is 0 Å². The minimum absolute atomic E-state index is 0.0191. The van der Waals surface area contributed by atoms with E-state index in [0.29, 0.717) is 17.9 Å². The van der Waals surface area contributed by atoms with Gasteiger partial charge in [0, 0.05) is 65.4 Å². The molecule has 4 unspecified atom stereocenters. The number of nitrogens with zero attached hydrogens (tertiary/aromatic N) is 1. The number of para-hydroxylation sites is 2. The summed E-state index contributed by atoms with van der Waals surface area (Å²) in [6, 6.07) is 10.6.